The summed E-state index contributed by atoms with van der Waals surface area (Å²) in [6.07, 6.45) is 0.467. The van der Waals surface area contributed by atoms with Gasteiger partial charge in [0.25, 0.3) is 5.91 Å². The van der Waals surface area contributed by atoms with E-state index in [1.807, 2.05) is 0 Å². The van der Waals surface area contributed by atoms with Crippen LogP contribution in [0.25, 0.3) is 0 Å². The quantitative estimate of drug-likeness (QED) is 0.534. The van der Waals surface area contributed by atoms with Crippen molar-refractivity contribution in [3.05, 3.63) is 65.2 Å². The van der Waals surface area contributed by atoms with Crippen molar-refractivity contribution in [1.82, 2.24) is 20.3 Å². The van der Waals surface area contributed by atoms with Gasteiger partial charge in [0, 0.05) is 24.5 Å². The van der Waals surface area contributed by atoms with Crippen molar-refractivity contribution < 1.29 is 22.8 Å². The molecule has 9 nitrogen and oxygen atoms in total. The van der Waals surface area contributed by atoms with Gasteiger partial charge in [0.05, 0.1) is 10.9 Å². The molecule has 0 aromatic heterocycles. The molecule has 0 aliphatic carbocycles. The second-order valence-electron chi connectivity index (χ2n) is 8.11. The number of urea groups is 1. The molecule has 1 atom stereocenters. The van der Waals surface area contributed by atoms with E-state index in [1.54, 1.807) is 47.4 Å². The number of nitrogens with zero attached hydrogens (tertiary/aromatic N) is 1. The first kappa shape index (κ1) is 23.2. The molecule has 4 rings (SSSR count). The largest absolute Gasteiger partial charge is 0.342 e. The molecule has 2 saturated heterocycles. The lowest BCUT2D eigenvalue weighted by atomic mass is 9.87. The third kappa shape index (κ3) is 5.02. The van der Waals surface area contributed by atoms with Crippen molar-refractivity contribution in [2.75, 3.05) is 13.1 Å². The van der Waals surface area contributed by atoms with Crippen molar-refractivity contribution in [3.63, 3.8) is 0 Å². The number of carbonyl (C=O) groups is 3. The summed E-state index contributed by atoms with van der Waals surface area (Å²) in [6.45, 7) is 0.538. The summed E-state index contributed by atoms with van der Waals surface area (Å²) in [5, 5.41) is 5.39. The van der Waals surface area contributed by atoms with Gasteiger partial charge in [0.15, 0.2) is 0 Å². The van der Waals surface area contributed by atoms with Crippen molar-refractivity contribution >= 4 is 39.5 Å². The Kier molecular flexibility index (Phi) is 6.42. The molecule has 0 radical (unpaired) electrons. The van der Waals surface area contributed by atoms with E-state index >= 15 is 0 Å². The number of carbonyl (C=O) groups excluding carboxylic acids is 3. The fourth-order valence-electron chi connectivity index (χ4n) is 4.10. The van der Waals surface area contributed by atoms with Crippen molar-refractivity contribution in [2.45, 2.75) is 35.7 Å². The second kappa shape index (κ2) is 9.12. The Balaban J connectivity index is 1.50. The number of amides is 4. The van der Waals surface area contributed by atoms with E-state index in [2.05, 4.69) is 15.4 Å². The van der Waals surface area contributed by atoms with E-state index in [4.69, 9.17) is 11.6 Å². The van der Waals surface area contributed by atoms with Gasteiger partial charge < -0.3 is 10.2 Å². The van der Waals surface area contributed by atoms with Gasteiger partial charge >= 0.3 is 6.03 Å². The number of sulfonamides is 1. The lowest BCUT2D eigenvalue weighted by Gasteiger charge is -2.37. The number of hydrogen-bond acceptors (Lipinski definition) is 5. The van der Waals surface area contributed by atoms with Crippen LogP contribution in [-0.2, 0) is 19.6 Å². The maximum Gasteiger partial charge on any atom is 0.322 e. The van der Waals surface area contributed by atoms with Crippen LogP contribution in [0.3, 0.4) is 0 Å². The maximum absolute atomic E-state index is 13.1. The maximum atomic E-state index is 13.1. The molecular weight excluding hydrogens is 468 g/mol. The lowest BCUT2D eigenvalue weighted by Crippen LogP contribution is -2.56. The van der Waals surface area contributed by atoms with Crippen LogP contribution in [0, 0.1) is 0 Å². The highest BCUT2D eigenvalue weighted by Gasteiger charge is 2.48. The third-order valence-electron chi connectivity index (χ3n) is 5.99. The third-order valence-corrected chi connectivity index (χ3v) is 7.73. The van der Waals surface area contributed by atoms with Crippen LogP contribution in [0.15, 0.2) is 59.5 Å². The van der Waals surface area contributed by atoms with E-state index < -0.39 is 27.6 Å². The monoisotopic (exact) mass is 490 g/mol. The number of benzene rings is 2. The van der Waals surface area contributed by atoms with E-state index in [0.717, 1.165) is 0 Å². The number of piperidine rings is 1. The van der Waals surface area contributed by atoms with Crippen LogP contribution in [-0.4, -0.2) is 49.8 Å². The SMILES string of the molecule is O=C1NC(=O)C2(CCN(C(=O)CC(NS(=O)(=O)c3ccccc3)c3ccc(Cl)cc3)CC2)N1. The molecule has 1 spiro atoms. The van der Waals surface area contributed by atoms with Crippen molar-refractivity contribution in [2.24, 2.45) is 0 Å². The number of nitrogens with one attached hydrogen (secondary N) is 3. The van der Waals surface area contributed by atoms with E-state index in [1.165, 1.54) is 12.1 Å². The Bertz CT molecular complexity index is 1160. The Morgan fingerprint density at radius 3 is 2.27 bits per heavy atom. The smallest absolute Gasteiger partial charge is 0.322 e. The summed E-state index contributed by atoms with van der Waals surface area (Å²) in [5.74, 6) is -0.639. The molecule has 0 bridgehead atoms. The molecule has 0 saturated carbocycles. The first-order valence-corrected chi connectivity index (χ1v) is 12.3. The van der Waals surface area contributed by atoms with Crippen LogP contribution in [0.5, 0.6) is 0 Å². The Morgan fingerprint density at radius 2 is 1.70 bits per heavy atom. The molecule has 11 heteroatoms. The molecule has 33 heavy (non-hydrogen) atoms. The van der Waals surface area contributed by atoms with Gasteiger partial charge in [-0.25, -0.2) is 17.9 Å². The highest BCUT2D eigenvalue weighted by atomic mass is 35.5. The fourth-order valence-corrected chi connectivity index (χ4v) is 5.47. The summed E-state index contributed by atoms with van der Waals surface area (Å²) < 4.78 is 28.5. The number of hydrogen-bond donors (Lipinski definition) is 3. The summed E-state index contributed by atoms with van der Waals surface area (Å²) in [6, 6.07) is 13.2. The summed E-state index contributed by atoms with van der Waals surface area (Å²) in [4.78, 5) is 38.4. The lowest BCUT2D eigenvalue weighted by molar-refractivity contribution is -0.136. The molecule has 2 aromatic carbocycles. The molecule has 2 heterocycles. The minimum atomic E-state index is -3.88. The predicted octanol–water partition coefficient (Wildman–Crippen LogP) is 1.95. The van der Waals surface area contributed by atoms with Crippen molar-refractivity contribution in [1.29, 1.82) is 0 Å². The fraction of sp³-hybridized carbons (Fsp3) is 0.318. The van der Waals surface area contributed by atoms with E-state index in [9.17, 15) is 22.8 Å². The summed E-state index contributed by atoms with van der Waals surface area (Å²) in [7, 11) is -3.88. The standard InChI is InChI=1S/C22H23ClN4O5S/c23-16-8-6-15(7-9-16)18(26-33(31,32)17-4-2-1-3-5-17)14-19(28)27-12-10-22(11-13-27)20(29)24-21(30)25-22/h1-9,18,26H,10-14H2,(H2,24,25,29,30). The molecular formula is C22H23ClN4O5S. The van der Waals surface area contributed by atoms with Crippen LogP contribution >= 0.6 is 11.6 Å². The molecule has 2 aliphatic heterocycles. The molecule has 2 fully saturated rings. The average Bonchev–Trinajstić information content (AvgIpc) is 3.07. The molecule has 4 amide bonds. The molecule has 3 N–H and O–H groups in total. The average molecular weight is 491 g/mol. The first-order valence-electron chi connectivity index (χ1n) is 10.4. The zero-order valence-corrected chi connectivity index (χ0v) is 19.2. The van der Waals surface area contributed by atoms with Crippen LogP contribution in [0.2, 0.25) is 5.02 Å². The normalized spacial score (nSPS) is 18.6. The van der Waals surface area contributed by atoms with E-state index in [0.29, 0.717) is 10.6 Å². The molecule has 2 aromatic rings. The number of imide groups is 1. The van der Waals surface area contributed by atoms with Crippen LogP contribution in [0.4, 0.5) is 4.79 Å². The minimum absolute atomic E-state index is 0.0966. The minimum Gasteiger partial charge on any atom is -0.342 e. The molecule has 174 valence electrons. The number of halogens is 1. The highest BCUT2D eigenvalue weighted by Crippen LogP contribution is 2.28. The van der Waals surface area contributed by atoms with Crippen LogP contribution < -0.4 is 15.4 Å². The molecule has 1 unspecified atom stereocenters. The van der Waals surface area contributed by atoms with E-state index in [-0.39, 0.29) is 49.1 Å². The van der Waals surface area contributed by atoms with Crippen molar-refractivity contribution in [3.8, 4) is 0 Å². The Labute approximate surface area is 196 Å². The van der Waals surface area contributed by atoms with Gasteiger partial charge in [0.1, 0.15) is 5.54 Å². The Morgan fingerprint density at radius 1 is 1.06 bits per heavy atom. The Hall–Kier alpha value is -2.95. The highest BCUT2D eigenvalue weighted by molar-refractivity contribution is 7.89. The van der Waals surface area contributed by atoms with Gasteiger partial charge in [0.2, 0.25) is 15.9 Å². The van der Waals surface area contributed by atoms with Gasteiger partial charge in [-0.2, -0.15) is 0 Å². The topological polar surface area (TPSA) is 125 Å². The second-order valence-corrected chi connectivity index (χ2v) is 10.3. The number of rotatable bonds is 6. The summed E-state index contributed by atoms with van der Waals surface area (Å²) >= 11 is 5.98. The predicted molar refractivity (Wildman–Crippen MR) is 121 cm³/mol. The molecule has 2 aliphatic rings. The van der Waals surface area contributed by atoms with Gasteiger partial charge in [-0.15, -0.1) is 0 Å². The number of likely N-dealkylation sites (tertiary alicyclic amines) is 1. The van der Waals surface area contributed by atoms with Crippen LogP contribution in [0.1, 0.15) is 30.9 Å². The van der Waals surface area contributed by atoms with Gasteiger partial charge in [-0.05, 0) is 42.7 Å². The first-order chi connectivity index (χ1) is 15.7. The van der Waals surface area contributed by atoms with Gasteiger partial charge in [-0.1, -0.05) is 41.9 Å². The zero-order chi connectivity index (χ0) is 23.6. The zero-order valence-electron chi connectivity index (χ0n) is 17.6. The summed E-state index contributed by atoms with van der Waals surface area (Å²) in [5.41, 5.74) is -0.388. The van der Waals surface area contributed by atoms with Gasteiger partial charge in [-0.3, -0.25) is 14.9 Å².